The fraction of sp³-hybridized carbons (Fsp3) is 0. The second kappa shape index (κ2) is 5.92. The number of hydrogen-bond acceptors (Lipinski definition) is 2. The standard InChI is InChI=1S/C13H8ClF2IN2O/c14-8-5-7(17)1-2-11(8)19-13(20)6-3-9(15)12(18)10(16)4-6/h1-5H,18H2,(H,19,20). The molecule has 0 saturated carbocycles. The van der Waals surface area contributed by atoms with E-state index in [4.69, 9.17) is 17.3 Å². The minimum atomic E-state index is -0.983. The maximum atomic E-state index is 13.3. The van der Waals surface area contributed by atoms with Crippen LogP contribution in [0.25, 0.3) is 0 Å². The number of nitrogen functional groups attached to an aromatic ring is 1. The van der Waals surface area contributed by atoms with Crippen molar-refractivity contribution in [2.45, 2.75) is 0 Å². The van der Waals surface area contributed by atoms with Crippen LogP contribution >= 0.6 is 34.2 Å². The van der Waals surface area contributed by atoms with Crippen LogP contribution in [0.4, 0.5) is 20.2 Å². The van der Waals surface area contributed by atoms with Crippen LogP contribution in [0.3, 0.4) is 0 Å². The van der Waals surface area contributed by atoms with Crippen molar-refractivity contribution in [2.24, 2.45) is 0 Å². The highest BCUT2D eigenvalue weighted by Gasteiger charge is 2.14. The normalized spacial score (nSPS) is 10.4. The van der Waals surface area contributed by atoms with E-state index in [0.717, 1.165) is 15.7 Å². The lowest BCUT2D eigenvalue weighted by atomic mass is 10.1. The minimum Gasteiger partial charge on any atom is -0.394 e. The Morgan fingerprint density at radius 1 is 1.20 bits per heavy atom. The van der Waals surface area contributed by atoms with Gasteiger partial charge >= 0.3 is 0 Å². The van der Waals surface area contributed by atoms with E-state index >= 15 is 0 Å². The lowest BCUT2D eigenvalue weighted by Gasteiger charge is -2.08. The van der Waals surface area contributed by atoms with Crippen LogP contribution in [0.1, 0.15) is 10.4 Å². The molecule has 0 aliphatic rings. The summed E-state index contributed by atoms with van der Waals surface area (Å²) in [6.07, 6.45) is 0. The SMILES string of the molecule is Nc1c(F)cc(C(=O)Nc2ccc(I)cc2Cl)cc1F. The molecule has 0 unspecified atom stereocenters. The monoisotopic (exact) mass is 408 g/mol. The summed E-state index contributed by atoms with van der Waals surface area (Å²) >= 11 is 8.03. The van der Waals surface area contributed by atoms with Crippen molar-refractivity contribution in [1.29, 1.82) is 0 Å². The molecule has 2 rings (SSSR count). The average molecular weight is 409 g/mol. The van der Waals surface area contributed by atoms with Gasteiger partial charge in [-0.2, -0.15) is 0 Å². The van der Waals surface area contributed by atoms with Crippen LogP contribution in [0.5, 0.6) is 0 Å². The molecule has 7 heteroatoms. The Morgan fingerprint density at radius 2 is 1.80 bits per heavy atom. The van der Waals surface area contributed by atoms with E-state index in [-0.39, 0.29) is 5.56 Å². The number of halogens is 4. The zero-order chi connectivity index (χ0) is 14.9. The summed E-state index contributed by atoms with van der Waals surface area (Å²) in [4.78, 5) is 11.9. The first-order valence-electron chi connectivity index (χ1n) is 5.39. The van der Waals surface area contributed by atoms with E-state index in [1.807, 2.05) is 0 Å². The zero-order valence-electron chi connectivity index (χ0n) is 9.88. The molecule has 0 aliphatic heterocycles. The van der Waals surface area contributed by atoms with Crippen LogP contribution in [0.15, 0.2) is 30.3 Å². The van der Waals surface area contributed by atoms with Gasteiger partial charge in [-0.1, -0.05) is 11.6 Å². The Morgan fingerprint density at radius 3 is 2.35 bits per heavy atom. The minimum absolute atomic E-state index is 0.177. The molecule has 0 fully saturated rings. The first-order chi connectivity index (χ1) is 9.38. The van der Waals surface area contributed by atoms with Gasteiger partial charge in [0.2, 0.25) is 0 Å². The maximum Gasteiger partial charge on any atom is 0.255 e. The van der Waals surface area contributed by atoms with Crippen molar-refractivity contribution < 1.29 is 13.6 Å². The Labute approximate surface area is 132 Å². The number of carbonyl (C=O) groups excluding carboxylic acids is 1. The van der Waals surface area contributed by atoms with Crippen molar-refractivity contribution in [1.82, 2.24) is 0 Å². The number of rotatable bonds is 2. The van der Waals surface area contributed by atoms with Gasteiger partial charge in [-0.3, -0.25) is 4.79 Å². The molecule has 20 heavy (non-hydrogen) atoms. The third-order valence-corrected chi connectivity index (χ3v) is 3.50. The van der Waals surface area contributed by atoms with Crippen LogP contribution in [0.2, 0.25) is 5.02 Å². The lowest BCUT2D eigenvalue weighted by Crippen LogP contribution is -2.13. The smallest absolute Gasteiger partial charge is 0.255 e. The van der Waals surface area contributed by atoms with E-state index in [9.17, 15) is 13.6 Å². The number of carbonyl (C=O) groups is 1. The Kier molecular flexibility index (Phi) is 4.44. The van der Waals surface area contributed by atoms with Crippen molar-refractivity contribution in [2.75, 3.05) is 11.1 Å². The number of benzene rings is 2. The molecule has 0 bridgehead atoms. The molecule has 0 heterocycles. The highest BCUT2D eigenvalue weighted by atomic mass is 127. The second-order valence-electron chi connectivity index (χ2n) is 3.93. The van der Waals surface area contributed by atoms with E-state index in [1.165, 1.54) is 0 Å². The van der Waals surface area contributed by atoms with Crippen LogP contribution in [0, 0.1) is 15.2 Å². The summed E-state index contributed by atoms with van der Waals surface area (Å²) in [5.41, 5.74) is 4.70. The van der Waals surface area contributed by atoms with Gasteiger partial charge in [-0.15, -0.1) is 0 Å². The summed E-state index contributed by atoms with van der Waals surface area (Å²) in [5.74, 6) is -2.64. The van der Waals surface area contributed by atoms with Crippen molar-refractivity contribution >= 4 is 51.5 Å². The maximum absolute atomic E-state index is 13.3. The molecule has 0 atom stereocenters. The zero-order valence-corrected chi connectivity index (χ0v) is 12.8. The van der Waals surface area contributed by atoms with E-state index in [2.05, 4.69) is 27.9 Å². The van der Waals surface area contributed by atoms with E-state index < -0.39 is 23.2 Å². The Hall–Kier alpha value is -1.41. The van der Waals surface area contributed by atoms with Crippen molar-refractivity contribution in [3.63, 3.8) is 0 Å². The Balaban J connectivity index is 2.28. The van der Waals surface area contributed by atoms with Crippen LogP contribution in [-0.4, -0.2) is 5.91 Å². The summed E-state index contributed by atoms with van der Waals surface area (Å²) in [6, 6.07) is 6.74. The van der Waals surface area contributed by atoms with Crippen LogP contribution < -0.4 is 11.1 Å². The number of amides is 1. The average Bonchev–Trinajstić information content (AvgIpc) is 2.38. The molecule has 3 nitrogen and oxygen atoms in total. The Bertz CT molecular complexity index is 671. The van der Waals surface area contributed by atoms with Crippen LogP contribution in [-0.2, 0) is 0 Å². The highest BCUT2D eigenvalue weighted by Crippen LogP contribution is 2.25. The van der Waals surface area contributed by atoms with Gasteiger partial charge in [0.25, 0.3) is 5.91 Å². The largest absolute Gasteiger partial charge is 0.394 e. The topological polar surface area (TPSA) is 55.1 Å². The summed E-state index contributed by atoms with van der Waals surface area (Å²) in [6.45, 7) is 0. The third kappa shape index (κ3) is 3.18. The molecule has 1 amide bonds. The van der Waals surface area contributed by atoms with Crippen molar-refractivity contribution in [3.8, 4) is 0 Å². The first-order valence-corrected chi connectivity index (χ1v) is 6.85. The molecule has 0 saturated heterocycles. The predicted molar refractivity (Wildman–Crippen MR) is 82.9 cm³/mol. The third-order valence-electron chi connectivity index (χ3n) is 2.52. The molecular weight excluding hydrogens is 401 g/mol. The summed E-state index contributed by atoms with van der Waals surface area (Å²) in [5, 5.41) is 2.81. The number of nitrogens with one attached hydrogen (secondary N) is 1. The quantitative estimate of drug-likeness (QED) is 0.582. The number of hydrogen-bond donors (Lipinski definition) is 2. The van der Waals surface area contributed by atoms with Gasteiger partial charge in [-0.05, 0) is 52.9 Å². The van der Waals surface area contributed by atoms with Crippen molar-refractivity contribution in [3.05, 3.63) is 56.1 Å². The van der Waals surface area contributed by atoms with Gasteiger partial charge in [0.15, 0.2) is 0 Å². The number of anilines is 2. The van der Waals surface area contributed by atoms with Gasteiger partial charge in [0.1, 0.15) is 17.3 Å². The molecule has 0 radical (unpaired) electrons. The lowest BCUT2D eigenvalue weighted by molar-refractivity contribution is 0.102. The first kappa shape index (κ1) is 15.0. The molecular formula is C13H8ClF2IN2O. The fourth-order valence-corrected chi connectivity index (χ4v) is 2.40. The second-order valence-corrected chi connectivity index (χ2v) is 5.58. The molecule has 2 aromatic carbocycles. The van der Waals surface area contributed by atoms with Gasteiger partial charge in [-0.25, -0.2) is 8.78 Å². The molecule has 3 N–H and O–H groups in total. The van der Waals surface area contributed by atoms with Gasteiger partial charge < -0.3 is 11.1 Å². The summed E-state index contributed by atoms with van der Waals surface area (Å²) in [7, 11) is 0. The molecule has 2 aromatic rings. The number of nitrogens with two attached hydrogens (primary N) is 1. The molecule has 0 aromatic heterocycles. The predicted octanol–water partition coefficient (Wildman–Crippen LogP) is 4.06. The van der Waals surface area contributed by atoms with E-state index in [1.54, 1.807) is 18.2 Å². The summed E-state index contributed by atoms with van der Waals surface area (Å²) < 4.78 is 27.5. The fourth-order valence-electron chi connectivity index (χ4n) is 1.50. The van der Waals surface area contributed by atoms with Gasteiger partial charge in [0, 0.05) is 9.13 Å². The molecule has 0 aliphatic carbocycles. The molecule has 104 valence electrons. The molecule has 0 spiro atoms. The van der Waals surface area contributed by atoms with Gasteiger partial charge in [0.05, 0.1) is 10.7 Å². The van der Waals surface area contributed by atoms with E-state index in [0.29, 0.717) is 10.7 Å². The highest BCUT2D eigenvalue weighted by molar-refractivity contribution is 14.1.